The number of aromatic hydroxyl groups is 2. The highest BCUT2D eigenvalue weighted by molar-refractivity contribution is 5.97. The van der Waals surface area contributed by atoms with Crippen molar-refractivity contribution in [2.24, 2.45) is 5.92 Å². The predicted octanol–water partition coefficient (Wildman–Crippen LogP) is 1.12. The van der Waals surface area contributed by atoms with Gasteiger partial charge in [-0.2, -0.15) is 0 Å². The van der Waals surface area contributed by atoms with Gasteiger partial charge in [-0.3, -0.25) is 4.79 Å². The van der Waals surface area contributed by atoms with Crippen LogP contribution in [-0.4, -0.2) is 59.6 Å². The zero-order valence-electron chi connectivity index (χ0n) is 11.3. The molecule has 1 aliphatic rings. The van der Waals surface area contributed by atoms with Crippen molar-refractivity contribution in [3.05, 3.63) is 23.8 Å². The van der Waals surface area contributed by atoms with Crippen LogP contribution in [0.2, 0.25) is 0 Å². The second kappa shape index (κ2) is 5.48. The Balaban J connectivity index is 2.04. The van der Waals surface area contributed by atoms with Gasteiger partial charge in [-0.05, 0) is 38.1 Å². The Morgan fingerprint density at radius 2 is 2.21 bits per heavy atom. The minimum absolute atomic E-state index is 0.147. The zero-order chi connectivity index (χ0) is 14.0. The third kappa shape index (κ3) is 2.98. The number of benzene rings is 1. The fraction of sp³-hybridized carbons (Fsp3) is 0.500. The molecule has 0 spiro atoms. The third-order valence-electron chi connectivity index (χ3n) is 3.61. The van der Waals surface area contributed by atoms with Gasteiger partial charge in [0.05, 0.1) is 5.56 Å². The molecule has 1 aromatic carbocycles. The lowest BCUT2D eigenvalue weighted by atomic mass is 10.1. The third-order valence-corrected chi connectivity index (χ3v) is 3.61. The largest absolute Gasteiger partial charge is 0.504 e. The molecule has 5 nitrogen and oxygen atoms in total. The van der Waals surface area contributed by atoms with Crippen molar-refractivity contribution < 1.29 is 15.0 Å². The first-order valence-corrected chi connectivity index (χ1v) is 6.44. The van der Waals surface area contributed by atoms with Crippen molar-refractivity contribution in [2.45, 2.75) is 6.42 Å². The van der Waals surface area contributed by atoms with Gasteiger partial charge in [0.1, 0.15) is 0 Å². The summed E-state index contributed by atoms with van der Waals surface area (Å²) in [6, 6.07) is 4.44. The topological polar surface area (TPSA) is 64.0 Å². The lowest BCUT2D eigenvalue weighted by Crippen LogP contribution is -2.32. The standard InChI is InChI=1S/C14H20N2O3/c1-15-7-6-10(8-15)9-16(2)14(19)11-4-3-5-12(17)13(11)18/h3-5,10,17-18H,6-9H2,1-2H3. The SMILES string of the molecule is CN1CCC(CN(C)C(=O)c2cccc(O)c2O)C1. The highest BCUT2D eigenvalue weighted by Crippen LogP contribution is 2.29. The van der Waals surface area contributed by atoms with E-state index in [4.69, 9.17) is 0 Å². The zero-order valence-corrected chi connectivity index (χ0v) is 11.3. The average Bonchev–Trinajstić information content (AvgIpc) is 2.77. The molecule has 1 aliphatic heterocycles. The number of likely N-dealkylation sites (tertiary alicyclic amines) is 1. The first-order chi connectivity index (χ1) is 8.99. The quantitative estimate of drug-likeness (QED) is 0.803. The molecule has 104 valence electrons. The summed E-state index contributed by atoms with van der Waals surface area (Å²) < 4.78 is 0. The Hall–Kier alpha value is -1.75. The van der Waals surface area contributed by atoms with E-state index < -0.39 is 0 Å². The molecule has 0 radical (unpaired) electrons. The van der Waals surface area contributed by atoms with Crippen LogP contribution < -0.4 is 0 Å². The second-order valence-electron chi connectivity index (χ2n) is 5.28. The molecule has 2 N–H and O–H groups in total. The Bertz CT molecular complexity index is 476. The first-order valence-electron chi connectivity index (χ1n) is 6.44. The number of carbonyl (C=O) groups is 1. The van der Waals surface area contributed by atoms with Gasteiger partial charge >= 0.3 is 0 Å². The molecule has 1 saturated heterocycles. The van der Waals surface area contributed by atoms with Gasteiger partial charge in [-0.25, -0.2) is 0 Å². The maximum Gasteiger partial charge on any atom is 0.257 e. The maximum absolute atomic E-state index is 12.2. The van der Waals surface area contributed by atoms with E-state index in [1.807, 2.05) is 0 Å². The van der Waals surface area contributed by atoms with E-state index in [0.29, 0.717) is 12.5 Å². The summed E-state index contributed by atoms with van der Waals surface area (Å²) in [5, 5.41) is 19.1. The summed E-state index contributed by atoms with van der Waals surface area (Å²) in [6.07, 6.45) is 1.08. The van der Waals surface area contributed by atoms with Gasteiger partial charge in [-0.1, -0.05) is 6.07 Å². The average molecular weight is 264 g/mol. The van der Waals surface area contributed by atoms with Crippen LogP contribution in [-0.2, 0) is 0 Å². The summed E-state index contributed by atoms with van der Waals surface area (Å²) in [4.78, 5) is 16.1. The molecule has 19 heavy (non-hydrogen) atoms. The fourth-order valence-electron chi connectivity index (χ4n) is 2.56. The summed E-state index contributed by atoms with van der Waals surface area (Å²) in [5.41, 5.74) is 0.147. The maximum atomic E-state index is 12.2. The van der Waals surface area contributed by atoms with Crippen LogP contribution in [0.1, 0.15) is 16.8 Å². The van der Waals surface area contributed by atoms with Crippen LogP contribution in [0.5, 0.6) is 11.5 Å². The van der Waals surface area contributed by atoms with Crippen LogP contribution in [0, 0.1) is 5.92 Å². The van der Waals surface area contributed by atoms with Crippen LogP contribution >= 0.6 is 0 Å². The molecular weight excluding hydrogens is 244 g/mol. The molecule has 1 unspecified atom stereocenters. The van der Waals surface area contributed by atoms with Gasteiger partial charge in [0.2, 0.25) is 0 Å². The number of para-hydroxylation sites is 1. The number of carbonyl (C=O) groups excluding carboxylic acids is 1. The number of nitrogens with zero attached hydrogens (tertiary/aromatic N) is 2. The Morgan fingerprint density at radius 1 is 1.47 bits per heavy atom. The Kier molecular flexibility index (Phi) is 3.95. The van der Waals surface area contributed by atoms with Crippen LogP contribution in [0.4, 0.5) is 0 Å². The number of hydrogen-bond acceptors (Lipinski definition) is 4. The van der Waals surface area contributed by atoms with Crippen molar-refractivity contribution in [3.63, 3.8) is 0 Å². The second-order valence-corrected chi connectivity index (χ2v) is 5.28. The molecule has 0 bridgehead atoms. The number of phenolic OH excluding ortho intramolecular Hbond substituents is 2. The monoisotopic (exact) mass is 264 g/mol. The van der Waals surface area contributed by atoms with E-state index in [1.165, 1.54) is 12.1 Å². The minimum atomic E-state index is -0.345. The summed E-state index contributed by atoms with van der Waals surface area (Å²) in [5.74, 6) is -0.399. The fourth-order valence-corrected chi connectivity index (χ4v) is 2.56. The molecule has 0 saturated carbocycles. The van der Waals surface area contributed by atoms with Gasteiger partial charge < -0.3 is 20.0 Å². The highest BCUT2D eigenvalue weighted by atomic mass is 16.3. The van der Waals surface area contributed by atoms with E-state index in [0.717, 1.165) is 19.5 Å². The van der Waals surface area contributed by atoms with Crippen LogP contribution in [0.25, 0.3) is 0 Å². The number of amides is 1. The summed E-state index contributed by atoms with van der Waals surface area (Å²) in [7, 11) is 3.80. The van der Waals surface area contributed by atoms with Crippen molar-refractivity contribution in [2.75, 3.05) is 33.7 Å². The molecule has 0 aliphatic carbocycles. The van der Waals surface area contributed by atoms with Gasteiger partial charge in [0.25, 0.3) is 5.91 Å². The molecule has 5 heteroatoms. The molecule has 1 fully saturated rings. The molecule has 0 aromatic heterocycles. The molecule has 1 heterocycles. The summed E-state index contributed by atoms with van der Waals surface area (Å²) >= 11 is 0. The van der Waals surface area contributed by atoms with Gasteiger partial charge in [0.15, 0.2) is 11.5 Å². The van der Waals surface area contributed by atoms with Crippen molar-refractivity contribution in [3.8, 4) is 11.5 Å². The van der Waals surface area contributed by atoms with Gasteiger partial charge in [-0.15, -0.1) is 0 Å². The van der Waals surface area contributed by atoms with Crippen LogP contribution in [0.15, 0.2) is 18.2 Å². The Morgan fingerprint density at radius 3 is 2.84 bits per heavy atom. The molecule has 1 amide bonds. The number of hydrogen-bond donors (Lipinski definition) is 2. The van der Waals surface area contributed by atoms with E-state index >= 15 is 0 Å². The molecule has 1 atom stereocenters. The highest BCUT2D eigenvalue weighted by Gasteiger charge is 2.24. The molecule has 1 aromatic rings. The lowest BCUT2D eigenvalue weighted by molar-refractivity contribution is 0.0770. The van der Waals surface area contributed by atoms with Crippen molar-refractivity contribution in [1.29, 1.82) is 0 Å². The van der Waals surface area contributed by atoms with Crippen molar-refractivity contribution in [1.82, 2.24) is 9.80 Å². The number of phenols is 2. The minimum Gasteiger partial charge on any atom is -0.504 e. The van der Waals surface area contributed by atoms with E-state index in [2.05, 4.69) is 11.9 Å². The van der Waals surface area contributed by atoms with Crippen molar-refractivity contribution >= 4 is 5.91 Å². The van der Waals surface area contributed by atoms with Crippen LogP contribution in [0.3, 0.4) is 0 Å². The van der Waals surface area contributed by atoms with E-state index in [9.17, 15) is 15.0 Å². The smallest absolute Gasteiger partial charge is 0.257 e. The predicted molar refractivity (Wildman–Crippen MR) is 72.3 cm³/mol. The lowest BCUT2D eigenvalue weighted by Gasteiger charge is -2.21. The van der Waals surface area contributed by atoms with Gasteiger partial charge in [0, 0.05) is 20.1 Å². The normalized spacial score (nSPS) is 19.6. The first kappa shape index (κ1) is 13.7. The Labute approximate surface area is 113 Å². The van der Waals surface area contributed by atoms with E-state index in [1.54, 1.807) is 18.0 Å². The van der Waals surface area contributed by atoms with E-state index in [-0.39, 0.29) is 23.0 Å². The number of rotatable bonds is 3. The molecule has 2 rings (SSSR count). The molecular formula is C14H20N2O3. The summed E-state index contributed by atoms with van der Waals surface area (Å²) in [6.45, 7) is 2.71.